The Morgan fingerprint density at radius 2 is 2.35 bits per heavy atom. The van der Waals surface area contributed by atoms with E-state index in [1.807, 2.05) is 13.2 Å². The molecule has 0 aromatic carbocycles. The molecule has 0 bridgehead atoms. The van der Waals surface area contributed by atoms with Crippen molar-refractivity contribution in [3.8, 4) is 10.7 Å². The minimum absolute atomic E-state index is 0.755. The molecule has 1 N–H and O–H groups in total. The van der Waals surface area contributed by atoms with E-state index >= 15 is 0 Å². The second-order valence-corrected chi connectivity index (χ2v) is 4.99. The maximum Gasteiger partial charge on any atom is 0.192 e. The van der Waals surface area contributed by atoms with E-state index in [1.165, 1.54) is 5.57 Å². The van der Waals surface area contributed by atoms with Crippen LogP contribution in [0.25, 0.3) is 16.3 Å². The second kappa shape index (κ2) is 4.38. The molecule has 0 aliphatic carbocycles. The van der Waals surface area contributed by atoms with Crippen LogP contribution < -0.4 is 5.32 Å². The van der Waals surface area contributed by atoms with Crippen LogP contribution in [0.5, 0.6) is 0 Å². The molecule has 0 atom stereocenters. The van der Waals surface area contributed by atoms with Crippen molar-refractivity contribution in [1.29, 1.82) is 0 Å². The Labute approximate surface area is 103 Å². The lowest BCUT2D eigenvalue weighted by molar-refractivity contribution is 0.738. The molecule has 3 rings (SSSR count). The standard InChI is InChI=1S/C11H13N5S/c1-16-7-14-10(15-16)9-6-13-11(17-9)8-2-4-12-5-3-8/h2,6-7,12H,3-5H2,1H3. The summed E-state index contributed by atoms with van der Waals surface area (Å²) in [6.07, 6.45) is 6.82. The number of thiazole rings is 1. The quantitative estimate of drug-likeness (QED) is 0.869. The molecular formula is C11H13N5S. The van der Waals surface area contributed by atoms with Crippen LogP contribution in [0.2, 0.25) is 0 Å². The first-order valence-electron chi connectivity index (χ1n) is 5.55. The van der Waals surface area contributed by atoms with Crippen LogP contribution in [-0.4, -0.2) is 32.8 Å². The second-order valence-electron chi connectivity index (χ2n) is 3.95. The van der Waals surface area contributed by atoms with Gasteiger partial charge in [-0.2, -0.15) is 5.10 Å². The van der Waals surface area contributed by atoms with Crippen LogP contribution >= 0.6 is 11.3 Å². The highest BCUT2D eigenvalue weighted by molar-refractivity contribution is 7.16. The number of hydrogen-bond donors (Lipinski definition) is 1. The minimum atomic E-state index is 0.755. The molecule has 88 valence electrons. The normalized spacial score (nSPS) is 15.9. The van der Waals surface area contributed by atoms with Gasteiger partial charge in [-0.15, -0.1) is 11.3 Å². The Kier molecular flexibility index (Phi) is 2.74. The first-order valence-corrected chi connectivity index (χ1v) is 6.36. The Balaban J connectivity index is 1.90. The first kappa shape index (κ1) is 10.6. The minimum Gasteiger partial charge on any atom is -0.313 e. The maximum atomic E-state index is 4.46. The highest BCUT2D eigenvalue weighted by Gasteiger charge is 2.12. The maximum absolute atomic E-state index is 4.46. The summed E-state index contributed by atoms with van der Waals surface area (Å²) < 4.78 is 1.71. The van der Waals surface area contributed by atoms with Crippen molar-refractivity contribution in [2.24, 2.45) is 7.05 Å². The van der Waals surface area contributed by atoms with E-state index in [0.717, 1.165) is 35.2 Å². The lowest BCUT2D eigenvalue weighted by Gasteiger charge is -2.10. The molecule has 0 radical (unpaired) electrons. The monoisotopic (exact) mass is 247 g/mol. The summed E-state index contributed by atoms with van der Waals surface area (Å²) in [5.41, 5.74) is 1.33. The van der Waals surface area contributed by atoms with E-state index in [9.17, 15) is 0 Å². The van der Waals surface area contributed by atoms with Crippen molar-refractivity contribution < 1.29 is 0 Å². The van der Waals surface area contributed by atoms with Gasteiger partial charge in [-0.05, 0) is 18.5 Å². The van der Waals surface area contributed by atoms with Crippen molar-refractivity contribution in [3.05, 3.63) is 23.6 Å². The van der Waals surface area contributed by atoms with E-state index in [4.69, 9.17) is 0 Å². The Morgan fingerprint density at radius 3 is 3.06 bits per heavy atom. The van der Waals surface area contributed by atoms with Gasteiger partial charge in [0.15, 0.2) is 5.82 Å². The number of rotatable bonds is 2. The summed E-state index contributed by atoms with van der Waals surface area (Å²) in [6.45, 7) is 1.97. The molecule has 5 nitrogen and oxygen atoms in total. The van der Waals surface area contributed by atoms with E-state index in [0.29, 0.717) is 0 Å². The van der Waals surface area contributed by atoms with Gasteiger partial charge in [0, 0.05) is 19.8 Å². The summed E-state index contributed by atoms with van der Waals surface area (Å²) in [7, 11) is 1.87. The van der Waals surface area contributed by atoms with Crippen LogP contribution in [0.1, 0.15) is 11.4 Å². The highest BCUT2D eigenvalue weighted by atomic mass is 32.1. The molecule has 0 saturated carbocycles. The summed E-state index contributed by atoms with van der Waals surface area (Å²) in [5, 5.41) is 8.67. The van der Waals surface area contributed by atoms with Crippen LogP contribution in [-0.2, 0) is 7.05 Å². The molecule has 2 aromatic heterocycles. The third-order valence-electron chi connectivity index (χ3n) is 2.66. The summed E-state index contributed by atoms with van der Waals surface area (Å²) >= 11 is 1.66. The highest BCUT2D eigenvalue weighted by Crippen LogP contribution is 2.29. The van der Waals surface area contributed by atoms with Crippen molar-refractivity contribution in [2.75, 3.05) is 13.1 Å². The fourth-order valence-electron chi connectivity index (χ4n) is 1.79. The van der Waals surface area contributed by atoms with E-state index in [2.05, 4.69) is 26.5 Å². The lowest BCUT2D eigenvalue weighted by atomic mass is 10.1. The van der Waals surface area contributed by atoms with Crippen molar-refractivity contribution >= 4 is 16.9 Å². The third-order valence-corrected chi connectivity index (χ3v) is 3.73. The fourth-order valence-corrected chi connectivity index (χ4v) is 2.72. The van der Waals surface area contributed by atoms with Crippen LogP contribution in [0.3, 0.4) is 0 Å². The molecule has 3 heterocycles. The van der Waals surface area contributed by atoms with Crippen molar-refractivity contribution in [2.45, 2.75) is 6.42 Å². The Morgan fingerprint density at radius 1 is 1.41 bits per heavy atom. The molecule has 0 saturated heterocycles. The zero-order valence-electron chi connectivity index (χ0n) is 9.55. The van der Waals surface area contributed by atoms with Gasteiger partial charge >= 0.3 is 0 Å². The van der Waals surface area contributed by atoms with Gasteiger partial charge in [-0.1, -0.05) is 6.08 Å². The first-order chi connectivity index (χ1) is 8.33. The Hall–Kier alpha value is -1.53. The molecular weight excluding hydrogens is 234 g/mol. The third kappa shape index (κ3) is 2.13. The number of aromatic nitrogens is 4. The molecule has 2 aromatic rings. The van der Waals surface area contributed by atoms with Gasteiger partial charge in [0.05, 0.1) is 4.88 Å². The van der Waals surface area contributed by atoms with Gasteiger partial charge in [-0.25, -0.2) is 9.97 Å². The van der Waals surface area contributed by atoms with Crippen LogP contribution in [0, 0.1) is 0 Å². The van der Waals surface area contributed by atoms with Crippen LogP contribution in [0.15, 0.2) is 18.6 Å². The van der Waals surface area contributed by atoms with Crippen LogP contribution in [0.4, 0.5) is 0 Å². The zero-order chi connectivity index (χ0) is 11.7. The van der Waals surface area contributed by atoms with Crippen molar-refractivity contribution in [1.82, 2.24) is 25.1 Å². The average molecular weight is 247 g/mol. The lowest BCUT2D eigenvalue weighted by Crippen LogP contribution is -2.19. The fraction of sp³-hybridized carbons (Fsp3) is 0.364. The average Bonchev–Trinajstić information content (AvgIpc) is 2.98. The number of nitrogens with one attached hydrogen (secondary N) is 1. The Bertz CT molecular complexity index is 554. The largest absolute Gasteiger partial charge is 0.313 e. The number of hydrogen-bond acceptors (Lipinski definition) is 5. The van der Waals surface area contributed by atoms with Gasteiger partial charge in [0.2, 0.25) is 0 Å². The van der Waals surface area contributed by atoms with E-state index in [1.54, 1.807) is 22.3 Å². The van der Waals surface area contributed by atoms with Gasteiger partial charge in [0.25, 0.3) is 0 Å². The molecule has 17 heavy (non-hydrogen) atoms. The molecule has 0 fully saturated rings. The van der Waals surface area contributed by atoms with E-state index < -0.39 is 0 Å². The summed E-state index contributed by atoms with van der Waals surface area (Å²) in [5.74, 6) is 0.755. The SMILES string of the molecule is Cn1cnc(-c2cnc(C3=CCNCC3)s2)n1. The zero-order valence-corrected chi connectivity index (χ0v) is 10.4. The molecule has 1 aliphatic heterocycles. The predicted molar refractivity (Wildman–Crippen MR) is 67.6 cm³/mol. The number of aryl methyl sites for hydroxylation is 1. The predicted octanol–water partition coefficient (Wildman–Crippen LogP) is 1.32. The molecule has 0 spiro atoms. The van der Waals surface area contributed by atoms with E-state index in [-0.39, 0.29) is 0 Å². The van der Waals surface area contributed by atoms with Crippen molar-refractivity contribution in [3.63, 3.8) is 0 Å². The van der Waals surface area contributed by atoms with Gasteiger partial charge < -0.3 is 5.32 Å². The molecule has 0 amide bonds. The number of nitrogens with zero attached hydrogens (tertiary/aromatic N) is 4. The molecule has 0 unspecified atom stereocenters. The topological polar surface area (TPSA) is 55.6 Å². The molecule has 6 heteroatoms. The smallest absolute Gasteiger partial charge is 0.192 e. The van der Waals surface area contributed by atoms with Gasteiger partial charge in [-0.3, -0.25) is 4.68 Å². The summed E-state index contributed by atoms with van der Waals surface area (Å²) in [6, 6.07) is 0. The van der Waals surface area contributed by atoms with Gasteiger partial charge in [0.1, 0.15) is 11.3 Å². The molecule has 1 aliphatic rings. The summed E-state index contributed by atoms with van der Waals surface area (Å²) in [4.78, 5) is 9.72.